The fourth-order valence-corrected chi connectivity index (χ4v) is 3.60. The number of carbonyl (C=O) groups excluding carboxylic acids is 1. The van der Waals surface area contributed by atoms with Gasteiger partial charge in [-0.05, 0) is 73.1 Å². The summed E-state index contributed by atoms with van der Waals surface area (Å²) in [6.07, 6.45) is 7.05. The SMILES string of the molecule is C=CCN(C)CCCCCCOc1ccc(N(C)C(=O)Cc2ccsc2)cc1. The van der Waals surface area contributed by atoms with Crippen LogP contribution in [0.2, 0.25) is 0 Å². The Morgan fingerprint density at radius 2 is 1.86 bits per heavy atom. The van der Waals surface area contributed by atoms with Gasteiger partial charge in [0.05, 0.1) is 13.0 Å². The molecule has 0 spiro atoms. The standard InChI is InChI=1S/C23H32N2O2S/c1-4-14-24(2)15-7-5-6-8-16-27-22-11-9-21(10-12-22)25(3)23(26)18-20-13-17-28-19-20/h4,9-13,17,19H,1,5-8,14-16,18H2,2-3H3. The molecule has 0 saturated carbocycles. The predicted octanol–water partition coefficient (Wildman–Crippen LogP) is 5.01. The molecule has 1 amide bonds. The third-order valence-corrected chi connectivity index (χ3v) is 5.41. The molecule has 28 heavy (non-hydrogen) atoms. The van der Waals surface area contributed by atoms with Gasteiger partial charge in [0.2, 0.25) is 5.91 Å². The van der Waals surface area contributed by atoms with E-state index in [4.69, 9.17) is 4.74 Å². The lowest BCUT2D eigenvalue weighted by atomic mass is 10.2. The Balaban J connectivity index is 1.64. The van der Waals surface area contributed by atoms with Crippen LogP contribution in [0.3, 0.4) is 0 Å². The smallest absolute Gasteiger partial charge is 0.231 e. The number of carbonyl (C=O) groups is 1. The van der Waals surface area contributed by atoms with Gasteiger partial charge in [-0.2, -0.15) is 11.3 Å². The van der Waals surface area contributed by atoms with Crippen molar-refractivity contribution in [3.8, 4) is 5.75 Å². The van der Waals surface area contributed by atoms with Gasteiger partial charge < -0.3 is 14.5 Å². The number of rotatable bonds is 13. The van der Waals surface area contributed by atoms with Crippen molar-refractivity contribution in [1.82, 2.24) is 4.90 Å². The lowest BCUT2D eigenvalue weighted by molar-refractivity contribution is -0.117. The topological polar surface area (TPSA) is 32.8 Å². The van der Waals surface area contributed by atoms with Crippen LogP contribution in [0.25, 0.3) is 0 Å². The Kier molecular flexibility index (Phi) is 9.80. The predicted molar refractivity (Wildman–Crippen MR) is 120 cm³/mol. The summed E-state index contributed by atoms with van der Waals surface area (Å²) in [6, 6.07) is 9.75. The van der Waals surface area contributed by atoms with E-state index in [-0.39, 0.29) is 5.91 Å². The number of nitrogens with zero attached hydrogens (tertiary/aromatic N) is 2. The molecule has 0 radical (unpaired) electrons. The molecule has 2 aromatic rings. The Morgan fingerprint density at radius 1 is 1.11 bits per heavy atom. The van der Waals surface area contributed by atoms with Crippen LogP contribution in [-0.2, 0) is 11.2 Å². The van der Waals surface area contributed by atoms with Crippen molar-refractivity contribution in [2.75, 3.05) is 38.7 Å². The molecule has 5 heteroatoms. The van der Waals surface area contributed by atoms with Crippen molar-refractivity contribution >= 4 is 22.9 Å². The van der Waals surface area contributed by atoms with Crippen molar-refractivity contribution in [3.05, 3.63) is 59.3 Å². The van der Waals surface area contributed by atoms with Gasteiger partial charge in [0.15, 0.2) is 0 Å². The van der Waals surface area contributed by atoms with E-state index < -0.39 is 0 Å². The van der Waals surface area contributed by atoms with E-state index in [1.54, 1.807) is 16.2 Å². The zero-order valence-corrected chi connectivity index (χ0v) is 17.9. The lowest BCUT2D eigenvalue weighted by Gasteiger charge is -2.17. The van der Waals surface area contributed by atoms with Crippen LogP contribution in [0, 0.1) is 0 Å². The van der Waals surface area contributed by atoms with E-state index in [1.165, 1.54) is 19.3 Å². The summed E-state index contributed by atoms with van der Waals surface area (Å²) in [6.45, 7) is 6.56. The van der Waals surface area contributed by atoms with Crippen LogP contribution >= 0.6 is 11.3 Å². The number of hydrogen-bond donors (Lipinski definition) is 0. The summed E-state index contributed by atoms with van der Waals surface area (Å²) < 4.78 is 5.83. The lowest BCUT2D eigenvalue weighted by Crippen LogP contribution is -2.27. The first-order valence-corrected chi connectivity index (χ1v) is 10.8. The van der Waals surface area contributed by atoms with E-state index >= 15 is 0 Å². The fraction of sp³-hybridized carbons (Fsp3) is 0.435. The second-order valence-corrected chi connectivity index (χ2v) is 7.85. The number of unbranched alkanes of at least 4 members (excludes halogenated alkanes) is 3. The third-order valence-electron chi connectivity index (χ3n) is 4.68. The second kappa shape index (κ2) is 12.4. The Bertz CT molecular complexity index is 698. The highest BCUT2D eigenvalue weighted by Crippen LogP contribution is 2.20. The molecule has 1 heterocycles. The maximum absolute atomic E-state index is 12.4. The zero-order valence-electron chi connectivity index (χ0n) is 17.1. The molecule has 0 fully saturated rings. The Labute approximate surface area is 173 Å². The highest BCUT2D eigenvalue weighted by atomic mass is 32.1. The largest absolute Gasteiger partial charge is 0.494 e. The molecule has 0 unspecified atom stereocenters. The summed E-state index contributed by atoms with van der Waals surface area (Å²) in [5.41, 5.74) is 1.95. The fourth-order valence-electron chi connectivity index (χ4n) is 2.94. The number of benzene rings is 1. The van der Waals surface area contributed by atoms with Crippen LogP contribution in [0.1, 0.15) is 31.2 Å². The van der Waals surface area contributed by atoms with Crippen molar-refractivity contribution in [1.29, 1.82) is 0 Å². The molecule has 0 aliphatic carbocycles. The number of likely N-dealkylation sites (N-methyl/N-ethyl adjacent to an activating group) is 2. The number of anilines is 1. The first-order valence-electron chi connectivity index (χ1n) is 9.90. The van der Waals surface area contributed by atoms with Gasteiger partial charge in [0, 0.05) is 19.3 Å². The second-order valence-electron chi connectivity index (χ2n) is 7.07. The first kappa shape index (κ1) is 22.2. The van der Waals surface area contributed by atoms with Crippen molar-refractivity contribution in [2.24, 2.45) is 0 Å². The van der Waals surface area contributed by atoms with Gasteiger partial charge in [-0.15, -0.1) is 6.58 Å². The highest BCUT2D eigenvalue weighted by molar-refractivity contribution is 7.08. The highest BCUT2D eigenvalue weighted by Gasteiger charge is 2.12. The minimum atomic E-state index is 0.0887. The van der Waals surface area contributed by atoms with E-state index in [2.05, 4.69) is 18.5 Å². The molecular weight excluding hydrogens is 368 g/mol. The van der Waals surface area contributed by atoms with Gasteiger partial charge in [-0.25, -0.2) is 0 Å². The van der Waals surface area contributed by atoms with Crippen LogP contribution in [-0.4, -0.2) is 44.6 Å². The number of thiophene rings is 1. The van der Waals surface area contributed by atoms with E-state index in [9.17, 15) is 4.79 Å². The molecule has 0 N–H and O–H groups in total. The summed E-state index contributed by atoms with van der Waals surface area (Å²) >= 11 is 1.61. The van der Waals surface area contributed by atoms with Gasteiger partial charge >= 0.3 is 0 Å². The van der Waals surface area contributed by atoms with Crippen LogP contribution in [0.4, 0.5) is 5.69 Å². The Morgan fingerprint density at radius 3 is 2.54 bits per heavy atom. The summed E-state index contributed by atoms with van der Waals surface area (Å²) in [5.74, 6) is 0.943. The molecule has 0 aliphatic heterocycles. The molecule has 0 aliphatic rings. The first-order chi connectivity index (χ1) is 13.6. The molecule has 0 bridgehead atoms. The van der Waals surface area contributed by atoms with Gasteiger partial charge in [-0.3, -0.25) is 4.79 Å². The summed E-state index contributed by atoms with van der Waals surface area (Å²) in [4.78, 5) is 16.3. The molecule has 2 rings (SSSR count). The van der Waals surface area contributed by atoms with Crippen molar-refractivity contribution in [2.45, 2.75) is 32.1 Å². The summed E-state index contributed by atoms with van der Waals surface area (Å²) in [5, 5.41) is 4.01. The van der Waals surface area contributed by atoms with Crippen LogP contribution < -0.4 is 9.64 Å². The van der Waals surface area contributed by atoms with Gasteiger partial charge in [0.25, 0.3) is 0 Å². The van der Waals surface area contributed by atoms with E-state index in [0.29, 0.717) is 6.42 Å². The van der Waals surface area contributed by atoms with Crippen LogP contribution in [0.15, 0.2) is 53.7 Å². The monoisotopic (exact) mass is 400 g/mol. The van der Waals surface area contributed by atoms with Crippen molar-refractivity contribution in [3.63, 3.8) is 0 Å². The average Bonchev–Trinajstić information content (AvgIpc) is 3.20. The normalized spacial score (nSPS) is 10.8. The maximum atomic E-state index is 12.4. The molecule has 1 aromatic heterocycles. The van der Waals surface area contributed by atoms with Crippen molar-refractivity contribution < 1.29 is 9.53 Å². The third kappa shape index (κ3) is 7.87. The minimum absolute atomic E-state index is 0.0887. The quantitative estimate of drug-likeness (QED) is 0.350. The Hall–Kier alpha value is -2.11. The summed E-state index contributed by atoms with van der Waals surface area (Å²) in [7, 11) is 3.94. The van der Waals surface area contributed by atoms with E-state index in [0.717, 1.165) is 43.1 Å². The zero-order chi connectivity index (χ0) is 20.2. The molecular formula is C23H32N2O2S. The maximum Gasteiger partial charge on any atom is 0.231 e. The average molecular weight is 401 g/mol. The van der Waals surface area contributed by atoms with Gasteiger partial charge in [0.1, 0.15) is 5.75 Å². The van der Waals surface area contributed by atoms with Crippen LogP contribution in [0.5, 0.6) is 5.75 Å². The molecule has 4 nitrogen and oxygen atoms in total. The molecule has 1 aromatic carbocycles. The number of amides is 1. The molecule has 0 saturated heterocycles. The number of hydrogen-bond acceptors (Lipinski definition) is 4. The molecule has 0 atom stereocenters. The van der Waals surface area contributed by atoms with Gasteiger partial charge in [-0.1, -0.05) is 18.9 Å². The minimum Gasteiger partial charge on any atom is -0.494 e. The molecule has 152 valence electrons. The van der Waals surface area contributed by atoms with E-state index in [1.807, 2.05) is 54.2 Å². The number of ether oxygens (including phenoxy) is 1.